The fourth-order valence-electron chi connectivity index (χ4n) is 7.38. The molecule has 54 heavy (non-hydrogen) atoms. The van der Waals surface area contributed by atoms with Crippen LogP contribution in [0.1, 0.15) is 247 Å². The molecule has 0 heterocycles. The van der Waals surface area contributed by atoms with Gasteiger partial charge in [-0.25, -0.2) is 0 Å². The molecular weight excluding hydrogens is 657 g/mol. The van der Waals surface area contributed by atoms with Crippen molar-refractivity contribution in [1.29, 1.82) is 0 Å². The number of hydrogen-bond donors (Lipinski definition) is 0. The van der Waals surface area contributed by atoms with Gasteiger partial charge in [-0.2, -0.15) is 0 Å². The van der Waals surface area contributed by atoms with Crippen LogP contribution in [0.5, 0.6) is 11.5 Å². The van der Waals surface area contributed by atoms with Crippen molar-refractivity contribution in [3.05, 3.63) is 57.6 Å². The Morgan fingerprint density at radius 2 is 0.611 bits per heavy atom. The highest BCUT2D eigenvalue weighted by molar-refractivity contribution is 5.52. The Morgan fingerprint density at radius 1 is 0.333 bits per heavy atom. The molecule has 2 nitrogen and oxygen atoms in total. The van der Waals surface area contributed by atoms with E-state index in [1.165, 1.54) is 114 Å². The summed E-state index contributed by atoms with van der Waals surface area (Å²) in [5, 5.41) is 0. The van der Waals surface area contributed by atoms with Gasteiger partial charge >= 0.3 is 0 Å². The monoisotopic (exact) mass is 749 g/mol. The van der Waals surface area contributed by atoms with Crippen LogP contribution in [0.15, 0.2) is 24.3 Å². The molecule has 0 unspecified atom stereocenters. The molecule has 0 aromatic heterocycles. The summed E-state index contributed by atoms with van der Waals surface area (Å²) in [7, 11) is 0. The van der Waals surface area contributed by atoms with Crippen LogP contribution >= 0.6 is 0 Å². The molecule has 0 amide bonds. The van der Waals surface area contributed by atoms with Gasteiger partial charge in [-0.15, -0.1) is 0 Å². The first-order chi connectivity index (χ1) is 25.2. The van der Waals surface area contributed by atoms with Crippen LogP contribution in [-0.4, -0.2) is 13.2 Å². The van der Waals surface area contributed by atoms with Crippen molar-refractivity contribution in [2.45, 2.75) is 248 Å². The Labute approximate surface area is 338 Å². The Bertz CT molecular complexity index is 1190. The van der Waals surface area contributed by atoms with Gasteiger partial charge in [0.15, 0.2) is 0 Å². The zero-order chi connectivity index (χ0) is 41.0. The lowest BCUT2D eigenvalue weighted by Crippen LogP contribution is -2.20. The van der Waals surface area contributed by atoms with E-state index in [4.69, 9.17) is 9.47 Å². The number of aryl methyl sites for hydroxylation is 2. The summed E-state index contributed by atoms with van der Waals surface area (Å²) in [5.74, 6) is 2.07. The number of hydrogen-bond acceptors (Lipinski definition) is 2. The fourth-order valence-corrected chi connectivity index (χ4v) is 7.38. The van der Waals surface area contributed by atoms with Gasteiger partial charge in [0, 0.05) is 11.1 Å². The van der Waals surface area contributed by atoms with Crippen LogP contribution < -0.4 is 9.47 Å². The lowest BCUT2D eigenvalue weighted by atomic mass is 9.75. The topological polar surface area (TPSA) is 18.5 Å². The van der Waals surface area contributed by atoms with E-state index in [0.717, 1.165) is 37.6 Å². The first-order valence-corrected chi connectivity index (χ1v) is 22.8. The molecular formula is C52H92O2. The molecule has 0 aliphatic heterocycles. The van der Waals surface area contributed by atoms with Crippen molar-refractivity contribution in [2.24, 2.45) is 0 Å². The van der Waals surface area contributed by atoms with Gasteiger partial charge in [0.25, 0.3) is 0 Å². The molecule has 0 radical (unpaired) electrons. The molecule has 0 aliphatic rings. The maximum Gasteiger partial charge on any atom is 0.123 e. The first-order valence-electron chi connectivity index (χ1n) is 22.8. The third kappa shape index (κ3) is 18.8. The van der Waals surface area contributed by atoms with Gasteiger partial charge < -0.3 is 9.47 Å². The average Bonchev–Trinajstić information content (AvgIpc) is 3.07. The quantitative estimate of drug-likeness (QED) is 0.112. The van der Waals surface area contributed by atoms with E-state index in [1.54, 1.807) is 22.3 Å². The molecule has 0 atom stereocenters. The van der Waals surface area contributed by atoms with Crippen molar-refractivity contribution in [1.82, 2.24) is 0 Å². The fraction of sp³-hybridized carbons (Fsp3) is 0.769. The molecule has 2 rings (SSSR count). The van der Waals surface area contributed by atoms with Crippen molar-refractivity contribution in [3.63, 3.8) is 0 Å². The van der Waals surface area contributed by atoms with Crippen LogP contribution in [0.4, 0.5) is 0 Å². The minimum Gasteiger partial charge on any atom is -0.493 e. The number of rotatable bonds is 22. The highest BCUT2D eigenvalue weighted by Gasteiger charge is 2.27. The summed E-state index contributed by atoms with van der Waals surface area (Å²) in [6, 6.07) is 9.67. The Balaban J connectivity index is 0.000000541. The zero-order valence-corrected chi connectivity index (χ0v) is 39.3. The molecule has 0 bridgehead atoms. The maximum absolute atomic E-state index is 6.30. The van der Waals surface area contributed by atoms with E-state index >= 15 is 0 Å². The Hall–Kier alpha value is -1.96. The lowest BCUT2D eigenvalue weighted by Gasteiger charge is -2.30. The van der Waals surface area contributed by atoms with Gasteiger partial charge in [-0.05, 0) is 94.6 Å². The van der Waals surface area contributed by atoms with Crippen molar-refractivity contribution >= 4 is 0 Å². The van der Waals surface area contributed by atoms with Crippen LogP contribution in [0.3, 0.4) is 0 Å². The molecule has 2 aromatic carbocycles. The number of ether oxygens (including phenoxy) is 2. The first kappa shape index (κ1) is 50.1. The zero-order valence-electron chi connectivity index (χ0n) is 39.3. The second kappa shape index (κ2) is 24.6. The van der Waals surface area contributed by atoms with Gasteiger partial charge in [0.05, 0.1) is 13.2 Å². The van der Waals surface area contributed by atoms with Gasteiger partial charge in [0.1, 0.15) is 11.5 Å². The van der Waals surface area contributed by atoms with E-state index in [-0.39, 0.29) is 21.7 Å². The second-order valence-corrected chi connectivity index (χ2v) is 20.5. The largest absolute Gasteiger partial charge is 0.493 e. The summed E-state index contributed by atoms with van der Waals surface area (Å²) in [6.07, 6.45) is 23.1. The van der Waals surface area contributed by atoms with Crippen molar-refractivity contribution in [3.8, 4) is 11.5 Å². The van der Waals surface area contributed by atoms with E-state index in [2.05, 4.69) is 135 Å². The molecule has 0 N–H and O–H groups in total. The molecule has 0 spiro atoms. The Kier molecular flexibility index (Phi) is 22.8. The van der Waals surface area contributed by atoms with E-state index in [0.29, 0.717) is 0 Å². The molecule has 0 saturated carbocycles. The third-order valence-corrected chi connectivity index (χ3v) is 10.8. The summed E-state index contributed by atoms with van der Waals surface area (Å²) in [5.41, 5.74) is 9.40. The molecule has 0 aliphatic carbocycles. The van der Waals surface area contributed by atoms with E-state index in [1.807, 2.05) is 0 Å². The number of benzene rings is 2. The number of unbranched alkanes of at least 4 members (excludes halogenated alkanes) is 12. The van der Waals surface area contributed by atoms with Gasteiger partial charge in [-0.3, -0.25) is 0 Å². The summed E-state index contributed by atoms with van der Waals surface area (Å²) < 4.78 is 12.6. The smallest absolute Gasteiger partial charge is 0.123 e. The van der Waals surface area contributed by atoms with Gasteiger partial charge in [0.2, 0.25) is 0 Å². The van der Waals surface area contributed by atoms with Crippen LogP contribution in [0.25, 0.3) is 0 Å². The summed E-state index contributed by atoms with van der Waals surface area (Å²) in [6.45, 7) is 38.5. The van der Waals surface area contributed by atoms with Crippen molar-refractivity contribution < 1.29 is 9.47 Å². The van der Waals surface area contributed by atoms with Crippen LogP contribution in [0.2, 0.25) is 0 Å². The predicted octanol–water partition coefficient (Wildman–Crippen LogP) is 16.7. The standard InChI is InChI=1S/C26H46O2.C26H46/c1-9-11-13-15-17-27-23-19-22(26(6,7)8)24(20-21(23)25(3,4)5)28-18-16-14-12-10-2;1-9-11-13-15-17-21-19-24(26(6,7)8)22(18-16-14-12-10-2)20-23(21)25(3,4)5/h19-20H,9-18H2,1-8H3;19-20H,9-18H2,1-8H3. The minimum absolute atomic E-state index is 0.0233. The predicted molar refractivity (Wildman–Crippen MR) is 243 cm³/mol. The average molecular weight is 749 g/mol. The molecule has 312 valence electrons. The minimum atomic E-state index is 0.0233. The molecule has 2 aromatic rings. The Morgan fingerprint density at radius 3 is 0.870 bits per heavy atom. The SMILES string of the molecule is CCCCCCOc1cc(C(C)(C)C)c(OCCCCCC)cc1C(C)(C)C.CCCCCCc1cc(C(C)(C)C)c(CCCCCC)cc1C(C)(C)C. The second-order valence-electron chi connectivity index (χ2n) is 20.5. The molecule has 0 fully saturated rings. The maximum atomic E-state index is 6.30. The highest BCUT2D eigenvalue weighted by Crippen LogP contribution is 2.42. The normalized spacial score (nSPS) is 12.4. The van der Waals surface area contributed by atoms with Gasteiger partial charge in [-0.1, -0.05) is 200 Å². The van der Waals surface area contributed by atoms with E-state index in [9.17, 15) is 0 Å². The lowest BCUT2D eigenvalue weighted by molar-refractivity contribution is 0.284. The van der Waals surface area contributed by atoms with Crippen LogP contribution in [0, 0.1) is 0 Å². The van der Waals surface area contributed by atoms with E-state index < -0.39 is 0 Å². The van der Waals surface area contributed by atoms with Crippen LogP contribution in [-0.2, 0) is 34.5 Å². The highest BCUT2D eigenvalue weighted by atomic mass is 16.5. The van der Waals surface area contributed by atoms with Crippen molar-refractivity contribution in [2.75, 3.05) is 13.2 Å². The summed E-state index contributed by atoms with van der Waals surface area (Å²) in [4.78, 5) is 0. The summed E-state index contributed by atoms with van der Waals surface area (Å²) >= 11 is 0. The third-order valence-electron chi connectivity index (χ3n) is 10.8. The molecule has 2 heteroatoms. The molecule has 0 saturated heterocycles.